The van der Waals surface area contributed by atoms with Crippen molar-refractivity contribution >= 4 is 27.6 Å². The summed E-state index contributed by atoms with van der Waals surface area (Å²) in [5.41, 5.74) is 2.79. The zero-order chi connectivity index (χ0) is 15.2. The zero-order valence-electron chi connectivity index (χ0n) is 11.9. The fourth-order valence-electron chi connectivity index (χ4n) is 1.87. The molecule has 0 bridgehead atoms. The number of aryl methyl sites for hydroxylation is 1. The van der Waals surface area contributed by atoms with Gasteiger partial charge in [0.05, 0.1) is 7.11 Å². The van der Waals surface area contributed by atoms with Crippen molar-refractivity contribution in [2.24, 2.45) is 0 Å². The van der Waals surface area contributed by atoms with Crippen LogP contribution >= 0.6 is 15.9 Å². The van der Waals surface area contributed by atoms with Crippen LogP contribution in [0, 0.1) is 6.92 Å². The Kier molecular flexibility index (Phi) is 5.22. The highest BCUT2D eigenvalue weighted by molar-refractivity contribution is 9.10. The molecule has 0 saturated heterocycles. The number of hydrogen-bond acceptors (Lipinski definition) is 2. The van der Waals surface area contributed by atoms with Crippen molar-refractivity contribution < 1.29 is 9.53 Å². The Balaban J connectivity index is 1.94. The van der Waals surface area contributed by atoms with Crippen molar-refractivity contribution in [3.8, 4) is 5.75 Å². The standard InChI is InChI=1S/C16H17BrN2O2/c1-11-7-8-13(9-14(11)17)19-16(20)18-10-12-5-3-4-6-15(12)21-2/h3-9H,10H2,1-2H3,(H2,18,19,20). The molecule has 0 aromatic heterocycles. The molecule has 0 fully saturated rings. The van der Waals surface area contributed by atoms with E-state index < -0.39 is 0 Å². The van der Waals surface area contributed by atoms with Crippen LogP contribution in [0.3, 0.4) is 0 Å². The lowest BCUT2D eigenvalue weighted by Gasteiger charge is -2.11. The SMILES string of the molecule is COc1ccccc1CNC(=O)Nc1ccc(C)c(Br)c1. The molecule has 0 atom stereocenters. The van der Waals surface area contributed by atoms with E-state index in [1.165, 1.54) is 0 Å². The predicted molar refractivity (Wildman–Crippen MR) is 87.7 cm³/mol. The number of amides is 2. The lowest BCUT2D eigenvalue weighted by atomic mass is 10.2. The smallest absolute Gasteiger partial charge is 0.319 e. The minimum absolute atomic E-state index is 0.253. The van der Waals surface area contributed by atoms with Gasteiger partial charge in [-0.15, -0.1) is 0 Å². The molecule has 0 unspecified atom stereocenters. The average molecular weight is 349 g/mol. The van der Waals surface area contributed by atoms with Crippen LogP contribution in [0.2, 0.25) is 0 Å². The molecule has 5 heteroatoms. The van der Waals surface area contributed by atoms with Crippen LogP contribution in [0.5, 0.6) is 5.75 Å². The van der Waals surface area contributed by atoms with Crippen LogP contribution in [-0.4, -0.2) is 13.1 Å². The Hall–Kier alpha value is -2.01. The van der Waals surface area contributed by atoms with E-state index in [9.17, 15) is 4.79 Å². The molecular weight excluding hydrogens is 332 g/mol. The molecular formula is C16H17BrN2O2. The maximum atomic E-state index is 11.9. The van der Waals surface area contributed by atoms with E-state index in [0.29, 0.717) is 6.54 Å². The minimum Gasteiger partial charge on any atom is -0.496 e. The second kappa shape index (κ2) is 7.13. The molecule has 2 N–H and O–H groups in total. The Morgan fingerprint density at radius 3 is 2.71 bits per heavy atom. The number of rotatable bonds is 4. The number of hydrogen-bond donors (Lipinski definition) is 2. The topological polar surface area (TPSA) is 50.4 Å². The third-order valence-electron chi connectivity index (χ3n) is 3.06. The number of urea groups is 1. The number of benzene rings is 2. The van der Waals surface area contributed by atoms with E-state index in [1.807, 2.05) is 49.4 Å². The molecule has 2 rings (SSSR count). The number of carbonyl (C=O) groups excluding carboxylic acids is 1. The summed E-state index contributed by atoms with van der Waals surface area (Å²) in [4.78, 5) is 11.9. The zero-order valence-corrected chi connectivity index (χ0v) is 13.5. The monoisotopic (exact) mass is 348 g/mol. The molecule has 110 valence electrons. The summed E-state index contributed by atoms with van der Waals surface area (Å²) in [5, 5.41) is 5.61. The van der Waals surface area contributed by atoms with Crippen LogP contribution in [-0.2, 0) is 6.54 Å². The quantitative estimate of drug-likeness (QED) is 0.874. The molecule has 0 radical (unpaired) electrons. The predicted octanol–water partition coefficient (Wildman–Crippen LogP) is 4.09. The summed E-state index contributed by atoms with van der Waals surface area (Å²) >= 11 is 3.44. The molecule has 2 aromatic carbocycles. The van der Waals surface area contributed by atoms with E-state index in [0.717, 1.165) is 27.0 Å². The van der Waals surface area contributed by atoms with E-state index in [1.54, 1.807) is 7.11 Å². The summed E-state index contributed by atoms with van der Waals surface area (Å²) in [7, 11) is 1.61. The normalized spacial score (nSPS) is 10.0. The van der Waals surface area contributed by atoms with E-state index in [-0.39, 0.29) is 6.03 Å². The fourth-order valence-corrected chi connectivity index (χ4v) is 2.25. The van der Waals surface area contributed by atoms with Crippen LogP contribution in [0.1, 0.15) is 11.1 Å². The van der Waals surface area contributed by atoms with Crippen LogP contribution in [0.15, 0.2) is 46.9 Å². The molecule has 0 saturated carbocycles. The molecule has 2 amide bonds. The molecule has 0 spiro atoms. The van der Waals surface area contributed by atoms with E-state index in [4.69, 9.17) is 4.74 Å². The number of ether oxygens (including phenoxy) is 1. The summed E-state index contributed by atoms with van der Waals surface area (Å²) in [6, 6.07) is 13.0. The van der Waals surface area contributed by atoms with E-state index in [2.05, 4.69) is 26.6 Å². The Morgan fingerprint density at radius 2 is 2.00 bits per heavy atom. The number of halogens is 1. The van der Waals surface area contributed by atoms with Crippen LogP contribution < -0.4 is 15.4 Å². The molecule has 2 aromatic rings. The molecule has 0 aliphatic carbocycles. The van der Waals surface area contributed by atoms with Gasteiger partial charge in [-0.2, -0.15) is 0 Å². The number of anilines is 1. The highest BCUT2D eigenvalue weighted by Gasteiger charge is 2.06. The third kappa shape index (κ3) is 4.23. The van der Waals surface area contributed by atoms with Gasteiger partial charge in [0.25, 0.3) is 0 Å². The first-order chi connectivity index (χ1) is 10.1. The molecule has 0 heterocycles. The first-order valence-corrected chi connectivity index (χ1v) is 7.32. The van der Waals surface area contributed by atoms with Gasteiger partial charge in [-0.3, -0.25) is 0 Å². The lowest BCUT2D eigenvalue weighted by molar-refractivity contribution is 0.251. The summed E-state index contributed by atoms with van der Waals surface area (Å²) < 4.78 is 6.21. The van der Waals surface area contributed by atoms with Gasteiger partial charge in [-0.1, -0.05) is 40.2 Å². The van der Waals surface area contributed by atoms with Gasteiger partial charge in [-0.05, 0) is 30.7 Å². The van der Waals surface area contributed by atoms with Crippen LogP contribution in [0.4, 0.5) is 10.5 Å². The average Bonchev–Trinajstić information content (AvgIpc) is 2.49. The Labute approximate surface area is 132 Å². The van der Waals surface area contributed by atoms with Crippen LogP contribution in [0.25, 0.3) is 0 Å². The first kappa shape index (κ1) is 15.4. The number of nitrogens with one attached hydrogen (secondary N) is 2. The van der Waals surface area contributed by atoms with Crippen molar-refractivity contribution in [2.75, 3.05) is 12.4 Å². The van der Waals surface area contributed by atoms with Crippen molar-refractivity contribution in [2.45, 2.75) is 13.5 Å². The van der Waals surface area contributed by atoms with Crippen molar-refractivity contribution in [3.63, 3.8) is 0 Å². The summed E-state index contributed by atoms with van der Waals surface area (Å²) in [6.07, 6.45) is 0. The summed E-state index contributed by atoms with van der Waals surface area (Å²) in [6.45, 7) is 2.40. The summed E-state index contributed by atoms with van der Waals surface area (Å²) in [5.74, 6) is 0.760. The van der Waals surface area contributed by atoms with Gasteiger partial charge >= 0.3 is 6.03 Å². The molecule has 4 nitrogen and oxygen atoms in total. The van der Waals surface area contributed by atoms with Gasteiger partial charge in [0.1, 0.15) is 5.75 Å². The minimum atomic E-state index is -0.253. The largest absolute Gasteiger partial charge is 0.496 e. The molecule has 21 heavy (non-hydrogen) atoms. The van der Waals surface area contributed by atoms with E-state index >= 15 is 0 Å². The molecule has 0 aliphatic rings. The Bertz CT molecular complexity index is 644. The van der Waals surface area contributed by atoms with Crippen molar-refractivity contribution in [1.29, 1.82) is 0 Å². The van der Waals surface area contributed by atoms with Gasteiger partial charge < -0.3 is 15.4 Å². The molecule has 0 aliphatic heterocycles. The number of carbonyl (C=O) groups is 1. The van der Waals surface area contributed by atoms with Gasteiger partial charge in [0.2, 0.25) is 0 Å². The lowest BCUT2D eigenvalue weighted by Crippen LogP contribution is -2.28. The maximum absolute atomic E-state index is 11.9. The first-order valence-electron chi connectivity index (χ1n) is 6.53. The third-order valence-corrected chi connectivity index (χ3v) is 3.92. The van der Waals surface area contributed by atoms with Gasteiger partial charge in [0, 0.05) is 22.3 Å². The highest BCUT2D eigenvalue weighted by Crippen LogP contribution is 2.20. The number of para-hydroxylation sites is 1. The second-order valence-corrected chi connectivity index (χ2v) is 5.44. The second-order valence-electron chi connectivity index (χ2n) is 4.58. The van der Waals surface area contributed by atoms with Crippen molar-refractivity contribution in [1.82, 2.24) is 5.32 Å². The Morgan fingerprint density at radius 1 is 1.24 bits per heavy atom. The van der Waals surface area contributed by atoms with Gasteiger partial charge in [-0.25, -0.2) is 4.79 Å². The highest BCUT2D eigenvalue weighted by atomic mass is 79.9. The fraction of sp³-hybridized carbons (Fsp3) is 0.188. The van der Waals surface area contributed by atoms with Crippen molar-refractivity contribution in [3.05, 3.63) is 58.1 Å². The maximum Gasteiger partial charge on any atom is 0.319 e. The van der Waals surface area contributed by atoms with Gasteiger partial charge in [0.15, 0.2) is 0 Å². The number of methoxy groups -OCH3 is 1.